The highest BCUT2D eigenvalue weighted by atomic mass is 16.1. The molecule has 16 heavy (non-hydrogen) atoms. The molecule has 2 aromatic rings. The lowest BCUT2D eigenvalue weighted by atomic mass is 10.1. The van der Waals surface area contributed by atoms with Gasteiger partial charge in [0.2, 0.25) is 0 Å². The zero-order valence-electron chi connectivity index (χ0n) is 9.82. The van der Waals surface area contributed by atoms with Gasteiger partial charge in [-0.2, -0.15) is 0 Å². The summed E-state index contributed by atoms with van der Waals surface area (Å²) in [7, 11) is 0. The number of hydrogen-bond acceptors (Lipinski definition) is 2. The number of nitrogen functional groups attached to an aromatic ring is 1. The van der Waals surface area contributed by atoms with Crippen LogP contribution in [0, 0.1) is 0 Å². The Morgan fingerprint density at radius 1 is 1.19 bits per heavy atom. The predicted octanol–water partition coefficient (Wildman–Crippen LogP) is 2.34. The molecule has 0 amide bonds. The maximum atomic E-state index is 12.1. The van der Waals surface area contributed by atoms with Crippen molar-refractivity contribution >= 4 is 16.6 Å². The van der Waals surface area contributed by atoms with Crippen LogP contribution in [0.4, 0.5) is 5.69 Å². The van der Waals surface area contributed by atoms with Crippen molar-refractivity contribution in [3.8, 4) is 0 Å². The number of fused-ring (bicyclic) bond motifs is 1. The fourth-order valence-corrected chi connectivity index (χ4v) is 1.95. The van der Waals surface area contributed by atoms with E-state index in [0.717, 1.165) is 10.9 Å². The Bertz CT molecular complexity index is 591. The average Bonchev–Trinajstić information content (AvgIpc) is 2.17. The van der Waals surface area contributed by atoms with Crippen molar-refractivity contribution in [3.63, 3.8) is 0 Å². The molecule has 1 aromatic heterocycles. The minimum Gasteiger partial charge on any atom is -0.394 e. The van der Waals surface area contributed by atoms with Gasteiger partial charge < -0.3 is 10.3 Å². The molecule has 0 atom stereocenters. The first kappa shape index (κ1) is 10.7. The number of hydrogen-bond donors (Lipinski definition) is 1. The van der Waals surface area contributed by atoms with Gasteiger partial charge in [-0.25, -0.2) is 0 Å². The van der Waals surface area contributed by atoms with Gasteiger partial charge in [-0.1, -0.05) is 18.2 Å². The summed E-state index contributed by atoms with van der Waals surface area (Å²) in [5.41, 5.74) is 6.58. The third-order valence-corrected chi connectivity index (χ3v) is 2.61. The molecule has 0 aliphatic heterocycles. The average molecular weight is 216 g/mol. The van der Waals surface area contributed by atoms with Crippen molar-refractivity contribution in [3.05, 3.63) is 40.7 Å². The van der Waals surface area contributed by atoms with E-state index in [4.69, 9.17) is 5.73 Å². The Kier molecular flexibility index (Phi) is 2.26. The van der Waals surface area contributed by atoms with Crippen molar-refractivity contribution in [2.45, 2.75) is 26.3 Å². The van der Waals surface area contributed by atoms with Crippen LogP contribution in [0.5, 0.6) is 0 Å². The second-order valence-corrected chi connectivity index (χ2v) is 4.97. The minimum atomic E-state index is -0.272. The van der Waals surface area contributed by atoms with Crippen LogP contribution in [0.25, 0.3) is 10.9 Å². The van der Waals surface area contributed by atoms with E-state index in [-0.39, 0.29) is 11.1 Å². The van der Waals surface area contributed by atoms with Gasteiger partial charge in [0.1, 0.15) is 0 Å². The molecule has 0 spiro atoms. The zero-order valence-corrected chi connectivity index (χ0v) is 9.82. The lowest BCUT2D eigenvalue weighted by Crippen LogP contribution is -2.35. The van der Waals surface area contributed by atoms with Crippen LogP contribution < -0.4 is 11.3 Å². The second-order valence-electron chi connectivity index (χ2n) is 4.97. The van der Waals surface area contributed by atoms with E-state index < -0.39 is 0 Å². The summed E-state index contributed by atoms with van der Waals surface area (Å²) in [6, 6.07) is 9.52. The van der Waals surface area contributed by atoms with Gasteiger partial charge in [-0.3, -0.25) is 4.79 Å². The van der Waals surface area contributed by atoms with E-state index in [1.807, 2.05) is 45.0 Å². The van der Waals surface area contributed by atoms with Crippen LogP contribution in [-0.2, 0) is 5.54 Å². The highest BCUT2D eigenvalue weighted by molar-refractivity contribution is 5.82. The third kappa shape index (κ3) is 1.58. The molecule has 0 aliphatic carbocycles. The molecule has 0 unspecified atom stereocenters. The number of anilines is 1. The van der Waals surface area contributed by atoms with Crippen LogP contribution in [0.3, 0.4) is 0 Å². The van der Waals surface area contributed by atoms with Crippen molar-refractivity contribution in [1.29, 1.82) is 0 Å². The van der Waals surface area contributed by atoms with Crippen molar-refractivity contribution in [1.82, 2.24) is 4.57 Å². The molecule has 0 saturated heterocycles. The Labute approximate surface area is 94.5 Å². The molecule has 0 bridgehead atoms. The van der Waals surface area contributed by atoms with Gasteiger partial charge in [0, 0.05) is 10.9 Å². The van der Waals surface area contributed by atoms with E-state index in [2.05, 4.69) is 0 Å². The first-order valence-electron chi connectivity index (χ1n) is 5.32. The summed E-state index contributed by atoms with van der Waals surface area (Å²) in [6.45, 7) is 6.00. The topological polar surface area (TPSA) is 48.0 Å². The van der Waals surface area contributed by atoms with Crippen molar-refractivity contribution in [2.75, 3.05) is 5.73 Å². The quantitative estimate of drug-likeness (QED) is 0.734. The van der Waals surface area contributed by atoms with Gasteiger partial charge >= 0.3 is 0 Å². The van der Waals surface area contributed by atoms with E-state index in [9.17, 15) is 4.79 Å². The number of benzene rings is 1. The fraction of sp³-hybridized carbons (Fsp3) is 0.308. The van der Waals surface area contributed by atoms with E-state index in [1.54, 1.807) is 10.6 Å². The van der Waals surface area contributed by atoms with Crippen LogP contribution in [0.15, 0.2) is 35.1 Å². The summed E-state index contributed by atoms with van der Waals surface area (Å²) < 4.78 is 1.75. The summed E-state index contributed by atoms with van der Waals surface area (Å²) in [4.78, 5) is 12.1. The summed E-state index contributed by atoms with van der Waals surface area (Å²) in [6.07, 6.45) is 0. The van der Waals surface area contributed by atoms with Crippen molar-refractivity contribution in [2.24, 2.45) is 0 Å². The minimum absolute atomic E-state index is 0.119. The summed E-state index contributed by atoms with van der Waals surface area (Å²) >= 11 is 0. The smallest absolute Gasteiger partial charge is 0.274 e. The van der Waals surface area contributed by atoms with Crippen LogP contribution in [-0.4, -0.2) is 4.57 Å². The molecule has 2 rings (SSSR count). The molecular formula is C13H16N2O. The van der Waals surface area contributed by atoms with Crippen LogP contribution in [0.1, 0.15) is 20.8 Å². The lowest BCUT2D eigenvalue weighted by Gasteiger charge is -2.25. The number of aromatic nitrogens is 1. The Hall–Kier alpha value is -1.77. The van der Waals surface area contributed by atoms with Crippen molar-refractivity contribution < 1.29 is 0 Å². The first-order valence-corrected chi connectivity index (χ1v) is 5.32. The van der Waals surface area contributed by atoms with E-state index in [0.29, 0.717) is 5.69 Å². The molecule has 0 aliphatic rings. The highest BCUT2D eigenvalue weighted by Crippen LogP contribution is 2.21. The summed E-state index contributed by atoms with van der Waals surface area (Å²) in [5, 5.41) is 0.995. The SMILES string of the molecule is CC(C)(C)n1c(=O)c(N)cc2ccccc21. The van der Waals surface area contributed by atoms with E-state index >= 15 is 0 Å². The molecular weight excluding hydrogens is 200 g/mol. The molecule has 3 nitrogen and oxygen atoms in total. The standard InChI is InChI=1S/C13H16N2O/c1-13(2,3)15-11-7-5-4-6-9(11)8-10(14)12(15)16/h4-8H,14H2,1-3H3. The molecule has 0 saturated carbocycles. The van der Waals surface area contributed by atoms with Gasteiger partial charge in [0.25, 0.3) is 5.56 Å². The number of nitrogens with two attached hydrogens (primary N) is 1. The Morgan fingerprint density at radius 3 is 2.44 bits per heavy atom. The molecule has 84 valence electrons. The van der Waals surface area contributed by atoms with Gasteiger partial charge in [0.05, 0.1) is 11.2 Å². The molecule has 1 heterocycles. The van der Waals surface area contributed by atoms with Gasteiger partial charge in [-0.15, -0.1) is 0 Å². The summed E-state index contributed by atoms with van der Waals surface area (Å²) in [5.74, 6) is 0. The maximum Gasteiger partial charge on any atom is 0.274 e. The molecule has 0 radical (unpaired) electrons. The van der Waals surface area contributed by atoms with Gasteiger partial charge in [-0.05, 0) is 32.9 Å². The molecule has 0 fully saturated rings. The second kappa shape index (κ2) is 3.37. The number of rotatable bonds is 0. The Morgan fingerprint density at radius 2 is 1.81 bits per heavy atom. The number of para-hydroxylation sites is 1. The number of nitrogens with zero attached hydrogens (tertiary/aromatic N) is 1. The highest BCUT2D eigenvalue weighted by Gasteiger charge is 2.18. The molecule has 1 aromatic carbocycles. The third-order valence-electron chi connectivity index (χ3n) is 2.61. The zero-order chi connectivity index (χ0) is 11.9. The van der Waals surface area contributed by atoms with Crippen LogP contribution in [0.2, 0.25) is 0 Å². The molecule has 2 N–H and O–H groups in total. The first-order chi connectivity index (χ1) is 7.41. The fourth-order valence-electron chi connectivity index (χ4n) is 1.95. The number of pyridine rings is 1. The monoisotopic (exact) mass is 216 g/mol. The Balaban J connectivity index is 2.99. The largest absolute Gasteiger partial charge is 0.394 e. The predicted molar refractivity (Wildman–Crippen MR) is 67.6 cm³/mol. The maximum absolute atomic E-state index is 12.1. The lowest BCUT2D eigenvalue weighted by molar-refractivity contribution is 0.399. The van der Waals surface area contributed by atoms with E-state index in [1.165, 1.54) is 0 Å². The van der Waals surface area contributed by atoms with Gasteiger partial charge in [0.15, 0.2) is 0 Å². The molecule has 3 heteroatoms. The normalized spacial score (nSPS) is 11.9. The van der Waals surface area contributed by atoms with Crippen LogP contribution >= 0.6 is 0 Å².